The molecule has 0 amide bonds. The quantitative estimate of drug-likeness (QED) is 0.692. The Kier molecular flexibility index (Phi) is 5.28. The zero-order valence-electron chi connectivity index (χ0n) is 15.2. The number of aromatic amines is 1. The minimum absolute atomic E-state index is 0.556. The van der Waals surface area contributed by atoms with E-state index in [4.69, 9.17) is 10.7 Å². The Morgan fingerprint density at radius 3 is 2.64 bits per heavy atom. The highest BCUT2D eigenvalue weighted by atomic mass is 15.2. The van der Waals surface area contributed by atoms with E-state index in [0.717, 1.165) is 53.3 Å². The van der Waals surface area contributed by atoms with Gasteiger partial charge in [-0.15, -0.1) is 0 Å². The second-order valence-corrected chi connectivity index (χ2v) is 6.46. The van der Waals surface area contributed by atoms with Crippen LogP contribution >= 0.6 is 0 Å². The van der Waals surface area contributed by atoms with Crippen LogP contribution in [0.5, 0.6) is 0 Å². The minimum atomic E-state index is 0.556. The molecule has 0 saturated heterocycles. The molecule has 0 bridgehead atoms. The lowest BCUT2D eigenvalue weighted by Crippen LogP contribution is -2.22. The van der Waals surface area contributed by atoms with Gasteiger partial charge in [-0.25, -0.2) is 9.97 Å². The fourth-order valence-electron chi connectivity index (χ4n) is 3.18. The van der Waals surface area contributed by atoms with Gasteiger partial charge in [0.05, 0.1) is 11.2 Å². The van der Waals surface area contributed by atoms with Crippen LogP contribution in [0.1, 0.15) is 29.2 Å². The molecule has 2 aromatic heterocycles. The number of rotatable bonds is 7. The third kappa shape index (κ3) is 3.79. The number of benzene rings is 1. The fraction of sp³-hybridized carbons (Fsp3) is 0.421. The van der Waals surface area contributed by atoms with Crippen molar-refractivity contribution < 1.29 is 0 Å². The largest absolute Gasteiger partial charge is 0.359 e. The first-order valence-corrected chi connectivity index (χ1v) is 8.77. The molecule has 0 atom stereocenters. The molecule has 2 heterocycles. The number of nitrogens with one attached hydrogen (secondary N) is 1. The number of para-hydroxylation sites is 1. The first kappa shape index (κ1) is 17.4. The average Bonchev–Trinajstić information content (AvgIpc) is 2.93. The van der Waals surface area contributed by atoms with Crippen molar-refractivity contribution in [1.29, 1.82) is 0 Å². The number of H-pyrrole nitrogens is 1. The highest BCUT2D eigenvalue weighted by Crippen LogP contribution is 2.23. The molecule has 0 fully saturated rings. The molecule has 132 valence electrons. The van der Waals surface area contributed by atoms with Crippen LogP contribution in [0.2, 0.25) is 0 Å². The lowest BCUT2D eigenvalue weighted by Gasteiger charge is -2.20. The molecule has 0 aliphatic heterocycles. The summed E-state index contributed by atoms with van der Waals surface area (Å²) in [6.45, 7) is 5.61. The van der Waals surface area contributed by atoms with Gasteiger partial charge in [-0.1, -0.05) is 12.1 Å². The topological polar surface area (TPSA) is 83.7 Å². The van der Waals surface area contributed by atoms with Gasteiger partial charge < -0.3 is 10.6 Å². The van der Waals surface area contributed by atoms with Crippen LogP contribution in [0, 0.1) is 13.8 Å². The van der Waals surface area contributed by atoms with E-state index in [0.29, 0.717) is 13.0 Å². The van der Waals surface area contributed by atoms with Crippen LogP contribution in [-0.2, 0) is 12.8 Å². The fourth-order valence-corrected chi connectivity index (χ4v) is 3.18. The van der Waals surface area contributed by atoms with Gasteiger partial charge in [-0.3, -0.25) is 5.10 Å². The molecule has 3 N–H and O–H groups in total. The molecule has 6 heteroatoms. The molecule has 3 rings (SSSR count). The first-order chi connectivity index (χ1) is 12.1. The minimum Gasteiger partial charge on any atom is -0.359 e. The highest BCUT2D eigenvalue weighted by molar-refractivity contribution is 5.89. The van der Waals surface area contributed by atoms with Crippen molar-refractivity contribution >= 4 is 16.7 Å². The zero-order chi connectivity index (χ0) is 17.8. The second kappa shape index (κ2) is 7.61. The number of hydrogen-bond donors (Lipinski definition) is 2. The number of hydrogen-bond acceptors (Lipinski definition) is 5. The zero-order valence-corrected chi connectivity index (χ0v) is 15.2. The van der Waals surface area contributed by atoms with Crippen LogP contribution in [0.25, 0.3) is 10.9 Å². The maximum absolute atomic E-state index is 5.69. The van der Waals surface area contributed by atoms with E-state index >= 15 is 0 Å². The summed E-state index contributed by atoms with van der Waals surface area (Å²) in [6.07, 6.45) is 2.75. The van der Waals surface area contributed by atoms with Gasteiger partial charge >= 0.3 is 0 Å². The molecule has 0 saturated carbocycles. The summed E-state index contributed by atoms with van der Waals surface area (Å²) in [5.74, 6) is 1.79. The Labute approximate surface area is 148 Å². The average molecular weight is 338 g/mol. The number of anilines is 1. The lowest BCUT2D eigenvalue weighted by atomic mass is 10.1. The standard InChI is InChI=1S/C19H26N6/c1-13-15(14(2)24-23-13)8-6-12-25(3)19-16-7-4-5-9-17(16)21-18(22-19)10-11-20/h4-5,7,9H,6,8,10-12,20H2,1-3H3,(H,23,24). The number of nitrogens with two attached hydrogens (primary N) is 1. The van der Waals surface area contributed by atoms with Gasteiger partial charge in [-0.2, -0.15) is 5.10 Å². The highest BCUT2D eigenvalue weighted by Gasteiger charge is 2.12. The summed E-state index contributed by atoms with van der Waals surface area (Å²) < 4.78 is 0. The van der Waals surface area contributed by atoms with Crippen LogP contribution in [0.15, 0.2) is 24.3 Å². The van der Waals surface area contributed by atoms with E-state index < -0.39 is 0 Å². The first-order valence-electron chi connectivity index (χ1n) is 8.77. The van der Waals surface area contributed by atoms with E-state index in [1.54, 1.807) is 0 Å². The Morgan fingerprint density at radius 2 is 1.92 bits per heavy atom. The van der Waals surface area contributed by atoms with Crippen molar-refractivity contribution in [2.24, 2.45) is 5.73 Å². The maximum Gasteiger partial charge on any atom is 0.139 e. The van der Waals surface area contributed by atoms with Crippen molar-refractivity contribution in [1.82, 2.24) is 20.2 Å². The van der Waals surface area contributed by atoms with Crippen LogP contribution in [0.4, 0.5) is 5.82 Å². The molecule has 0 unspecified atom stereocenters. The smallest absolute Gasteiger partial charge is 0.139 e. The molecule has 25 heavy (non-hydrogen) atoms. The third-order valence-corrected chi connectivity index (χ3v) is 4.56. The SMILES string of the molecule is Cc1n[nH]c(C)c1CCCN(C)c1nc(CCN)nc2ccccc12. The third-order valence-electron chi connectivity index (χ3n) is 4.56. The van der Waals surface area contributed by atoms with Crippen LogP contribution in [-0.4, -0.2) is 40.3 Å². The summed E-state index contributed by atoms with van der Waals surface area (Å²) >= 11 is 0. The van der Waals surface area contributed by atoms with Crippen molar-refractivity contribution in [3.63, 3.8) is 0 Å². The van der Waals surface area contributed by atoms with Gasteiger partial charge in [0.1, 0.15) is 11.6 Å². The number of aryl methyl sites for hydroxylation is 2. The van der Waals surface area contributed by atoms with Gasteiger partial charge in [0.2, 0.25) is 0 Å². The predicted molar refractivity (Wildman–Crippen MR) is 102 cm³/mol. The summed E-state index contributed by atoms with van der Waals surface area (Å²) in [7, 11) is 2.09. The monoisotopic (exact) mass is 338 g/mol. The molecule has 3 aromatic rings. The summed E-state index contributed by atoms with van der Waals surface area (Å²) in [4.78, 5) is 11.6. The molecule has 0 radical (unpaired) electrons. The normalized spacial score (nSPS) is 11.2. The van der Waals surface area contributed by atoms with Crippen LogP contribution in [0.3, 0.4) is 0 Å². The van der Waals surface area contributed by atoms with E-state index in [1.807, 2.05) is 18.2 Å². The van der Waals surface area contributed by atoms with E-state index in [-0.39, 0.29) is 0 Å². The van der Waals surface area contributed by atoms with Gasteiger partial charge in [0.15, 0.2) is 0 Å². The Balaban J connectivity index is 1.78. The van der Waals surface area contributed by atoms with Crippen LogP contribution < -0.4 is 10.6 Å². The van der Waals surface area contributed by atoms with Gasteiger partial charge in [0, 0.05) is 31.1 Å². The molecule has 0 aliphatic carbocycles. The summed E-state index contributed by atoms with van der Waals surface area (Å²) in [5, 5.41) is 8.42. The molecular weight excluding hydrogens is 312 g/mol. The van der Waals surface area contributed by atoms with Crippen molar-refractivity contribution in [2.75, 3.05) is 25.0 Å². The lowest BCUT2D eigenvalue weighted by molar-refractivity contribution is 0.767. The van der Waals surface area contributed by atoms with E-state index in [1.165, 1.54) is 5.56 Å². The second-order valence-electron chi connectivity index (χ2n) is 6.46. The molecular formula is C19H26N6. The van der Waals surface area contributed by atoms with E-state index in [2.05, 4.69) is 47.0 Å². The summed E-state index contributed by atoms with van der Waals surface area (Å²) in [6, 6.07) is 8.16. The predicted octanol–water partition coefficient (Wildman–Crippen LogP) is 2.54. The number of aromatic nitrogens is 4. The van der Waals surface area contributed by atoms with E-state index in [9.17, 15) is 0 Å². The van der Waals surface area contributed by atoms with Crippen molar-refractivity contribution in [2.45, 2.75) is 33.1 Å². The van der Waals surface area contributed by atoms with Crippen molar-refractivity contribution in [3.05, 3.63) is 47.0 Å². The molecule has 0 aliphatic rings. The van der Waals surface area contributed by atoms with Crippen molar-refractivity contribution in [3.8, 4) is 0 Å². The Bertz CT molecular complexity index is 835. The number of fused-ring (bicyclic) bond motifs is 1. The Morgan fingerprint density at radius 1 is 1.12 bits per heavy atom. The molecule has 0 spiro atoms. The molecule has 1 aromatic carbocycles. The Hall–Kier alpha value is -2.47. The number of nitrogens with zero attached hydrogens (tertiary/aromatic N) is 4. The van der Waals surface area contributed by atoms with Gasteiger partial charge in [0.25, 0.3) is 0 Å². The maximum atomic E-state index is 5.69. The molecule has 6 nitrogen and oxygen atoms in total. The summed E-state index contributed by atoms with van der Waals surface area (Å²) in [5.41, 5.74) is 10.3. The van der Waals surface area contributed by atoms with Gasteiger partial charge in [-0.05, 0) is 50.9 Å².